The van der Waals surface area contributed by atoms with Gasteiger partial charge in [0.1, 0.15) is 5.56 Å². The van der Waals surface area contributed by atoms with Gasteiger partial charge >= 0.3 is 0 Å². The largest absolute Gasteiger partial charge is 0.493 e. The number of nitrogens with zero attached hydrogens (tertiary/aromatic N) is 2. The summed E-state index contributed by atoms with van der Waals surface area (Å²) in [6.07, 6.45) is 1.27. The minimum Gasteiger partial charge on any atom is -0.493 e. The van der Waals surface area contributed by atoms with Crippen LogP contribution in [0.25, 0.3) is 11.4 Å². The number of rotatable bonds is 5. The minimum atomic E-state index is -0.730. The van der Waals surface area contributed by atoms with Crippen molar-refractivity contribution in [3.63, 3.8) is 0 Å². The van der Waals surface area contributed by atoms with E-state index in [0.717, 1.165) is 0 Å². The normalized spacial score (nSPS) is 10.4. The number of methoxy groups -OCH3 is 1. The first kappa shape index (κ1) is 18.0. The SMILES string of the molecule is COc1ccccc1Oc1nc(-c2c(Cl)cccc2Cl)ncc1C(N)=O. The molecule has 0 unspecified atom stereocenters. The van der Waals surface area contributed by atoms with Crippen LogP contribution in [0.3, 0.4) is 0 Å². The number of benzene rings is 2. The molecule has 3 aromatic rings. The topological polar surface area (TPSA) is 87.3 Å². The zero-order chi connectivity index (χ0) is 18.7. The second kappa shape index (κ2) is 7.59. The molecule has 26 heavy (non-hydrogen) atoms. The average Bonchev–Trinajstić information content (AvgIpc) is 2.62. The Morgan fingerprint density at radius 3 is 2.31 bits per heavy atom. The van der Waals surface area contributed by atoms with Gasteiger partial charge in [0.25, 0.3) is 5.91 Å². The highest BCUT2D eigenvalue weighted by Gasteiger charge is 2.19. The number of carbonyl (C=O) groups excluding carboxylic acids is 1. The molecule has 1 amide bonds. The Labute approximate surface area is 159 Å². The second-order valence-electron chi connectivity index (χ2n) is 5.13. The zero-order valence-electron chi connectivity index (χ0n) is 13.6. The van der Waals surface area contributed by atoms with Crippen molar-refractivity contribution in [1.29, 1.82) is 0 Å². The van der Waals surface area contributed by atoms with E-state index in [1.807, 2.05) is 0 Å². The maximum Gasteiger partial charge on any atom is 0.255 e. The Hall–Kier alpha value is -2.83. The molecule has 132 valence electrons. The van der Waals surface area contributed by atoms with Crippen LogP contribution in [-0.2, 0) is 0 Å². The van der Waals surface area contributed by atoms with E-state index in [1.54, 1.807) is 42.5 Å². The maximum atomic E-state index is 11.7. The molecule has 8 heteroatoms. The smallest absolute Gasteiger partial charge is 0.255 e. The van der Waals surface area contributed by atoms with Crippen LogP contribution >= 0.6 is 23.2 Å². The number of amides is 1. The third-order valence-corrected chi connectivity index (χ3v) is 4.11. The molecule has 0 radical (unpaired) electrons. The molecule has 0 aliphatic heterocycles. The van der Waals surface area contributed by atoms with Crippen molar-refractivity contribution < 1.29 is 14.3 Å². The van der Waals surface area contributed by atoms with Gasteiger partial charge in [-0.3, -0.25) is 4.79 Å². The molecule has 1 aromatic heterocycles. The second-order valence-corrected chi connectivity index (χ2v) is 5.94. The molecule has 0 aliphatic rings. The Balaban J connectivity index is 2.12. The highest BCUT2D eigenvalue weighted by atomic mass is 35.5. The summed E-state index contributed by atoms with van der Waals surface area (Å²) in [7, 11) is 1.51. The third-order valence-electron chi connectivity index (χ3n) is 3.48. The molecule has 0 atom stereocenters. The van der Waals surface area contributed by atoms with Gasteiger partial charge in [-0.15, -0.1) is 0 Å². The first-order valence-electron chi connectivity index (χ1n) is 7.43. The van der Waals surface area contributed by atoms with E-state index in [0.29, 0.717) is 27.1 Å². The Morgan fingerprint density at radius 1 is 1.04 bits per heavy atom. The maximum absolute atomic E-state index is 11.7. The van der Waals surface area contributed by atoms with E-state index in [1.165, 1.54) is 13.3 Å². The van der Waals surface area contributed by atoms with E-state index < -0.39 is 5.91 Å². The van der Waals surface area contributed by atoms with Gasteiger partial charge < -0.3 is 15.2 Å². The molecular formula is C18H13Cl2N3O3. The average molecular weight is 390 g/mol. The Bertz CT molecular complexity index is 959. The van der Waals surface area contributed by atoms with E-state index in [-0.39, 0.29) is 17.3 Å². The zero-order valence-corrected chi connectivity index (χ0v) is 15.1. The van der Waals surface area contributed by atoms with Crippen molar-refractivity contribution in [3.05, 3.63) is 64.3 Å². The van der Waals surface area contributed by atoms with Crippen LogP contribution in [0.15, 0.2) is 48.7 Å². The Morgan fingerprint density at radius 2 is 1.69 bits per heavy atom. The van der Waals surface area contributed by atoms with Crippen LogP contribution in [0.4, 0.5) is 0 Å². The molecule has 0 spiro atoms. The van der Waals surface area contributed by atoms with Gasteiger partial charge in [-0.1, -0.05) is 41.4 Å². The van der Waals surface area contributed by atoms with Crippen molar-refractivity contribution in [3.8, 4) is 28.8 Å². The van der Waals surface area contributed by atoms with Crippen LogP contribution in [0, 0.1) is 0 Å². The van der Waals surface area contributed by atoms with Crippen LogP contribution in [-0.4, -0.2) is 23.0 Å². The highest BCUT2D eigenvalue weighted by molar-refractivity contribution is 6.38. The summed E-state index contributed by atoms with van der Waals surface area (Å²) in [5, 5.41) is 0.736. The summed E-state index contributed by atoms with van der Waals surface area (Å²) >= 11 is 12.4. The molecule has 2 N–H and O–H groups in total. The molecule has 0 fully saturated rings. The highest BCUT2D eigenvalue weighted by Crippen LogP contribution is 2.36. The number of aromatic nitrogens is 2. The predicted octanol–water partition coefficient (Wildman–Crippen LogP) is 4.35. The number of para-hydroxylation sites is 2. The lowest BCUT2D eigenvalue weighted by Gasteiger charge is -2.13. The number of hydrogen-bond acceptors (Lipinski definition) is 5. The molecule has 0 saturated carbocycles. The monoisotopic (exact) mass is 389 g/mol. The number of ether oxygens (including phenoxy) is 2. The molecule has 2 aromatic carbocycles. The number of halogens is 2. The van der Waals surface area contributed by atoms with Crippen LogP contribution in [0.2, 0.25) is 10.0 Å². The van der Waals surface area contributed by atoms with Crippen molar-refractivity contribution >= 4 is 29.1 Å². The lowest BCUT2D eigenvalue weighted by molar-refractivity contribution is 0.0997. The van der Waals surface area contributed by atoms with Gasteiger partial charge in [0.2, 0.25) is 5.88 Å². The molecular weight excluding hydrogens is 377 g/mol. The molecule has 1 heterocycles. The third kappa shape index (κ3) is 3.56. The molecule has 0 bridgehead atoms. The summed E-state index contributed by atoms with van der Waals surface area (Å²) in [4.78, 5) is 20.2. The van der Waals surface area contributed by atoms with Crippen molar-refractivity contribution in [2.45, 2.75) is 0 Å². The minimum absolute atomic E-state index is 0.0165. The van der Waals surface area contributed by atoms with Crippen molar-refractivity contribution in [1.82, 2.24) is 9.97 Å². The standard InChI is InChI=1S/C18H13Cl2N3O3/c1-25-13-7-2-3-8-14(13)26-18-10(16(21)24)9-22-17(23-18)15-11(19)5-4-6-12(15)20/h2-9H,1H3,(H2,21,24). The molecule has 6 nitrogen and oxygen atoms in total. The number of hydrogen-bond donors (Lipinski definition) is 1. The van der Waals surface area contributed by atoms with Gasteiger partial charge in [-0.05, 0) is 24.3 Å². The first-order valence-corrected chi connectivity index (χ1v) is 8.19. The summed E-state index contributed by atoms with van der Waals surface area (Å²) in [6, 6.07) is 12.0. The molecule has 3 rings (SSSR count). The fourth-order valence-corrected chi connectivity index (χ4v) is 2.82. The lowest BCUT2D eigenvalue weighted by atomic mass is 10.2. The number of nitrogens with two attached hydrogens (primary N) is 1. The van der Waals surface area contributed by atoms with Gasteiger partial charge in [0.05, 0.1) is 22.7 Å². The Kier molecular flexibility index (Phi) is 5.25. The van der Waals surface area contributed by atoms with Gasteiger partial charge in [-0.2, -0.15) is 4.98 Å². The fourth-order valence-electron chi connectivity index (χ4n) is 2.25. The van der Waals surface area contributed by atoms with Crippen molar-refractivity contribution in [2.24, 2.45) is 5.73 Å². The number of carbonyl (C=O) groups is 1. The lowest BCUT2D eigenvalue weighted by Crippen LogP contribution is -2.14. The van der Waals surface area contributed by atoms with Gasteiger partial charge in [0, 0.05) is 6.20 Å². The van der Waals surface area contributed by atoms with Crippen LogP contribution in [0.1, 0.15) is 10.4 Å². The van der Waals surface area contributed by atoms with Crippen LogP contribution < -0.4 is 15.2 Å². The summed E-state index contributed by atoms with van der Waals surface area (Å²) in [6.45, 7) is 0. The van der Waals surface area contributed by atoms with Crippen molar-refractivity contribution in [2.75, 3.05) is 7.11 Å². The number of primary amides is 1. The van der Waals surface area contributed by atoms with E-state index in [9.17, 15) is 4.79 Å². The first-order chi connectivity index (χ1) is 12.5. The van der Waals surface area contributed by atoms with Gasteiger partial charge in [-0.25, -0.2) is 4.98 Å². The summed E-state index contributed by atoms with van der Waals surface area (Å²) in [5.74, 6) is 0.288. The molecule has 0 aliphatic carbocycles. The van der Waals surface area contributed by atoms with E-state index in [2.05, 4.69) is 9.97 Å². The van der Waals surface area contributed by atoms with E-state index in [4.69, 9.17) is 38.4 Å². The van der Waals surface area contributed by atoms with Crippen LogP contribution in [0.5, 0.6) is 17.4 Å². The van der Waals surface area contributed by atoms with Gasteiger partial charge in [0.15, 0.2) is 17.3 Å². The van der Waals surface area contributed by atoms with E-state index >= 15 is 0 Å². The summed E-state index contributed by atoms with van der Waals surface area (Å²) in [5.41, 5.74) is 5.85. The quantitative estimate of drug-likeness (QED) is 0.700. The fraction of sp³-hybridized carbons (Fsp3) is 0.0556. The predicted molar refractivity (Wildman–Crippen MR) is 99.1 cm³/mol. The summed E-state index contributed by atoms with van der Waals surface area (Å²) < 4.78 is 11.0. The molecule has 0 saturated heterocycles.